The quantitative estimate of drug-likeness (QED) is 0.846. The molecular weight excluding hydrogens is 226 g/mol. The Morgan fingerprint density at radius 3 is 2.53 bits per heavy atom. The lowest BCUT2D eigenvalue weighted by molar-refractivity contribution is 0.894. The van der Waals surface area contributed by atoms with Crippen LogP contribution in [-0.4, -0.2) is 0 Å². The minimum absolute atomic E-state index is 0.114. The summed E-state index contributed by atoms with van der Waals surface area (Å²) in [5, 5.41) is 0.732. The summed E-state index contributed by atoms with van der Waals surface area (Å²) < 4.78 is 0. The van der Waals surface area contributed by atoms with Crippen molar-refractivity contribution in [1.29, 1.82) is 0 Å². The number of benzene rings is 1. The number of aryl methyl sites for hydroxylation is 1. The van der Waals surface area contributed by atoms with E-state index in [2.05, 4.69) is 19.1 Å². The lowest BCUT2D eigenvalue weighted by Gasteiger charge is -2.11. The molecule has 1 aromatic heterocycles. The molecule has 1 atom stereocenters. The third-order valence-electron chi connectivity index (χ3n) is 2.31. The Labute approximate surface area is 98.5 Å². The number of thiophene rings is 1. The van der Waals surface area contributed by atoms with Gasteiger partial charge in [-0.15, -0.1) is 11.3 Å². The second-order valence-electron chi connectivity index (χ2n) is 3.45. The van der Waals surface area contributed by atoms with Crippen LogP contribution in [0.5, 0.6) is 0 Å². The van der Waals surface area contributed by atoms with Crippen LogP contribution >= 0.6 is 22.9 Å². The minimum atomic E-state index is -0.114. The number of hydrogen-bond acceptors (Lipinski definition) is 2. The van der Waals surface area contributed by atoms with E-state index in [1.807, 2.05) is 24.3 Å². The van der Waals surface area contributed by atoms with Crippen molar-refractivity contribution in [1.82, 2.24) is 0 Å². The Morgan fingerprint density at radius 2 is 1.93 bits per heavy atom. The largest absolute Gasteiger partial charge is 0.320 e. The molecule has 1 nitrogen and oxygen atoms in total. The third-order valence-corrected chi connectivity index (χ3v) is 3.74. The fourth-order valence-corrected chi connectivity index (χ4v) is 2.65. The molecular formula is C12H12ClNS. The first kappa shape index (κ1) is 10.7. The summed E-state index contributed by atoms with van der Waals surface area (Å²) >= 11 is 7.82. The molecule has 2 rings (SSSR count). The molecule has 0 saturated carbocycles. The van der Waals surface area contributed by atoms with Gasteiger partial charge in [0.25, 0.3) is 0 Å². The van der Waals surface area contributed by atoms with Gasteiger partial charge in [0.05, 0.1) is 6.04 Å². The lowest BCUT2D eigenvalue weighted by Crippen LogP contribution is -2.10. The molecule has 0 saturated heterocycles. The summed E-state index contributed by atoms with van der Waals surface area (Å²) in [6.07, 6.45) is 0. The number of nitrogens with two attached hydrogens (primary N) is 1. The molecule has 0 bridgehead atoms. The average Bonchev–Trinajstić information content (AvgIpc) is 2.65. The highest BCUT2D eigenvalue weighted by atomic mass is 35.5. The first-order valence-electron chi connectivity index (χ1n) is 4.75. The Hall–Kier alpha value is -0.830. The topological polar surface area (TPSA) is 26.0 Å². The van der Waals surface area contributed by atoms with Gasteiger partial charge in [-0.25, -0.2) is 0 Å². The van der Waals surface area contributed by atoms with Crippen LogP contribution in [0, 0.1) is 6.92 Å². The molecule has 1 heterocycles. The number of halogens is 1. The molecule has 15 heavy (non-hydrogen) atoms. The van der Waals surface area contributed by atoms with Gasteiger partial charge in [0, 0.05) is 14.8 Å². The van der Waals surface area contributed by atoms with Crippen LogP contribution in [0.3, 0.4) is 0 Å². The molecule has 0 aliphatic rings. The van der Waals surface area contributed by atoms with Gasteiger partial charge in [0.1, 0.15) is 0 Å². The van der Waals surface area contributed by atoms with Crippen molar-refractivity contribution in [2.75, 3.05) is 0 Å². The predicted molar refractivity (Wildman–Crippen MR) is 66.5 cm³/mol. The third kappa shape index (κ3) is 2.23. The molecule has 78 valence electrons. The van der Waals surface area contributed by atoms with Crippen LogP contribution in [-0.2, 0) is 0 Å². The Balaban J connectivity index is 2.36. The zero-order valence-electron chi connectivity index (χ0n) is 8.41. The highest BCUT2D eigenvalue weighted by molar-refractivity contribution is 7.12. The van der Waals surface area contributed by atoms with E-state index >= 15 is 0 Å². The summed E-state index contributed by atoms with van der Waals surface area (Å²) in [6, 6.07) is 11.8. The monoisotopic (exact) mass is 237 g/mol. The summed E-state index contributed by atoms with van der Waals surface area (Å²) in [4.78, 5) is 2.42. The molecule has 0 amide bonds. The maximum atomic E-state index is 6.16. The standard InChI is InChI=1S/C12H12ClNS/c1-8-6-7-11(15-8)12(14)9-4-2-3-5-10(9)13/h2-7,12H,14H2,1H3. The molecule has 0 aliphatic heterocycles. The van der Waals surface area contributed by atoms with Gasteiger partial charge in [-0.3, -0.25) is 0 Å². The first-order valence-corrected chi connectivity index (χ1v) is 5.94. The summed E-state index contributed by atoms with van der Waals surface area (Å²) in [5.74, 6) is 0. The fourth-order valence-electron chi connectivity index (χ4n) is 1.50. The van der Waals surface area contributed by atoms with E-state index < -0.39 is 0 Å². The highest BCUT2D eigenvalue weighted by Gasteiger charge is 2.13. The van der Waals surface area contributed by atoms with Crippen molar-refractivity contribution in [2.45, 2.75) is 13.0 Å². The van der Waals surface area contributed by atoms with E-state index in [0.29, 0.717) is 0 Å². The smallest absolute Gasteiger partial charge is 0.0660 e. The van der Waals surface area contributed by atoms with E-state index in [9.17, 15) is 0 Å². The van der Waals surface area contributed by atoms with E-state index in [-0.39, 0.29) is 6.04 Å². The number of hydrogen-bond donors (Lipinski definition) is 1. The maximum Gasteiger partial charge on any atom is 0.0660 e. The van der Waals surface area contributed by atoms with Gasteiger partial charge >= 0.3 is 0 Å². The van der Waals surface area contributed by atoms with Crippen LogP contribution in [0.1, 0.15) is 21.4 Å². The van der Waals surface area contributed by atoms with Gasteiger partial charge in [-0.05, 0) is 30.7 Å². The molecule has 0 fully saturated rings. The van der Waals surface area contributed by atoms with Crippen LogP contribution in [0.25, 0.3) is 0 Å². The zero-order chi connectivity index (χ0) is 10.8. The predicted octanol–water partition coefficient (Wildman–Crippen LogP) is 3.76. The Bertz CT molecular complexity index is 464. The minimum Gasteiger partial charge on any atom is -0.320 e. The second kappa shape index (κ2) is 4.35. The highest BCUT2D eigenvalue weighted by Crippen LogP contribution is 2.30. The normalized spacial score (nSPS) is 12.7. The molecule has 0 radical (unpaired) electrons. The van der Waals surface area contributed by atoms with Crippen LogP contribution in [0.15, 0.2) is 36.4 Å². The van der Waals surface area contributed by atoms with Gasteiger partial charge in [0.2, 0.25) is 0 Å². The van der Waals surface area contributed by atoms with E-state index in [0.717, 1.165) is 15.5 Å². The van der Waals surface area contributed by atoms with Gasteiger partial charge in [0.15, 0.2) is 0 Å². The van der Waals surface area contributed by atoms with Gasteiger partial charge < -0.3 is 5.73 Å². The molecule has 0 spiro atoms. The number of rotatable bonds is 2. The SMILES string of the molecule is Cc1ccc(C(N)c2ccccc2Cl)s1. The van der Waals surface area contributed by atoms with E-state index in [1.54, 1.807) is 11.3 Å². The van der Waals surface area contributed by atoms with Crippen molar-refractivity contribution in [3.63, 3.8) is 0 Å². The zero-order valence-corrected chi connectivity index (χ0v) is 9.98. The van der Waals surface area contributed by atoms with E-state index in [1.165, 1.54) is 4.88 Å². The molecule has 0 aliphatic carbocycles. The van der Waals surface area contributed by atoms with Crippen molar-refractivity contribution >= 4 is 22.9 Å². The molecule has 1 unspecified atom stereocenters. The van der Waals surface area contributed by atoms with Crippen LogP contribution < -0.4 is 5.73 Å². The maximum absolute atomic E-state index is 6.16. The van der Waals surface area contributed by atoms with Crippen molar-refractivity contribution in [3.05, 3.63) is 56.7 Å². The van der Waals surface area contributed by atoms with Crippen LogP contribution in [0.2, 0.25) is 5.02 Å². The fraction of sp³-hybridized carbons (Fsp3) is 0.167. The second-order valence-corrected chi connectivity index (χ2v) is 5.17. The van der Waals surface area contributed by atoms with Gasteiger partial charge in [-0.2, -0.15) is 0 Å². The Morgan fingerprint density at radius 1 is 1.20 bits per heavy atom. The van der Waals surface area contributed by atoms with Crippen molar-refractivity contribution in [3.8, 4) is 0 Å². The summed E-state index contributed by atoms with van der Waals surface area (Å²) in [5.41, 5.74) is 7.14. The van der Waals surface area contributed by atoms with E-state index in [4.69, 9.17) is 17.3 Å². The lowest BCUT2D eigenvalue weighted by atomic mass is 10.1. The molecule has 2 N–H and O–H groups in total. The van der Waals surface area contributed by atoms with Crippen LogP contribution in [0.4, 0.5) is 0 Å². The molecule has 2 aromatic rings. The summed E-state index contributed by atoms with van der Waals surface area (Å²) in [6.45, 7) is 2.08. The average molecular weight is 238 g/mol. The first-order chi connectivity index (χ1) is 7.18. The molecule has 3 heteroatoms. The van der Waals surface area contributed by atoms with Crippen molar-refractivity contribution in [2.24, 2.45) is 5.73 Å². The van der Waals surface area contributed by atoms with Gasteiger partial charge in [-0.1, -0.05) is 29.8 Å². The Kier molecular flexibility index (Phi) is 3.10. The summed E-state index contributed by atoms with van der Waals surface area (Å²) in [7, 11) is 0. The molecule has 1 aromatic carbocycles. The van der Waals surface area contributed by atoms with Crippen molar-refractivity contribution < 1.29 is 0 Å².